The van der Waals surface area contributed by atoms with Crippen molar-refractivity contribution in [3.05, 3.63) is 170 Å². The Bertz CT molecular complexity index is 3020. The summed E-state index contributed by atoms with van der Waals surface area (Å²) in [5, 5.41) is 8.74. The molecule has 10 rings (SSSR count). The van der Waals surface area contributed by atoms with Crippen molar-refractivity contribution in [3.8, 4) is 44.5 Å². The van der Waals surface area contributed by atoms with Crippen LogP contribution in [0.4, 0.5) is 0 Å². The molecule has 0 aliphatic carbocycles. The van der Waals surface area contributed by atoms with E-state index in [1.54, 1.807) is 6.07 Å². The monoisotopic (exact) mass is 601 g/mol. The summed E-state index contributed by atoms with van der Waals surface area (Å²) < 4.78 is 48.9. The summed E-state index contributed by atoms with van der Waals surface area (Å²) in [4.78, 5) is 0. The van der Waals surface area contributed by atoms with Crippen molar-refractivity contribution in [1.29, 1.82) is 0 Å². The SMILES string of the molecule is [2H]c1c([2H])c([2H])c(-c2cc(-c3ccc4ccc5c(-c6ccc(-c7ccccc7)cc6)ccc6ccc3c4c65)c3c(c2)oc2ccccc23)c([2H])c1[2H]. The Hall–Kier alpha value is -6.18. The Morgan fingerprint density at radius 3 is 1.74 bits per heavy atom. The lowest BCUT2D eigenvalue weighted by molar-refractivity contribution is 0.669. The van der Waals surface area contributed by atoms with Crippen LogP contribution in [0.5, 0.6) is 0 Å². The predicted octanol–water partition coefficient (Wildman–Crippen LogP) is 13.2. The summed E-state index contributed by atoms with van der Waals surface area (Å²) >= 11 is 0. The molecule has 1 nitrogen and oxygen atoms in total. The smallest absolute Gasteiger partial charge is 0.136 e. The zero-order valence-electron chi connectivity index (χ0n) is 30.2. The molecule has 0 N–H and O–H groups in total. The van der Waals surface area contributed by atoms with E-state index in [4.69, 9.17) is 11.3 Å². The second-order valence-electron chi connectivity index (χ2n) is 12.1. The van der Waals surface area contributed by atoms with Gasteiger partial charge in [0.05, 0.1) is 6.85 Å². The minimum atomic E-state index is -0.415. The highest BCUT2D eigenvalue weighted by molar-refractivity contribution is 6.29. The van der Waals surface area contributed by atoms with Gasteiger partial charge in [0, 0.05) is 10.8 Å². The first kappa shape index (κ1) is 21.5. The van der Waals surface area contributed by atoms with E-state index < -0.39 is 6.04 Å². The third-order valence-electron chi connectivity index (χ3n) is 9.52. The van der Waals surface area contributed by atoms with Gasteiger partial charge in [0.2, 0.25) is 0 Å². The molecule has 0 saturated carbocycles. The lowest BCUT2D eigenvalue weighted by Crippen LogP contribution is -1.90. The zero-order valence-corrected chi connectivity index (χ0v) is 25.2. The maximum atomic E-state index is 8.78. The van der Waals surface area contributed by atoms with Crippen molar-refractivity contribution < 1.29 is 11.3 Å². The fourth-order valence-electron chi connectivity index (χ4n) is 7.37. The maximum absolute atomic E-state index is 8.78. The molecule has 0 unspecified atom stereocenters. The van der Waals surface area contributed by atoms with Crippen LogP contribution >= 0.6 is 0 Å². The molecule has 1 heteroatoms. The van der Waals surface area contributed by atoms with Crippen molar-refractivity contribution in [2.24, 2.45) is 0 Å². The molecule has 218 valence electrons. The van der Waals surface area contributed by atoms with Gasteiger partial charge in [-0.2, -0.15) is 0 Å². The van der Waals surface area contributed by atoms with Crippen LogP contribution in [0, 0.1) is 0 Å². The van der Waals surface area contributed by atoms with Crippen molar-refractivity contribution in [1.82, 2.24) is 0 Å². The molecule has 0 fully saturated rings. The molecule has 0 atom stereocenters. The van der Waals surface area contributed by atoms with Crippen LogP contribution < -0.4 is 0 Å². The van der Waals surface area contributed by atoms with E-state index in [2.05, 4.69) is 97.1 Å². The molecule has 0 aliphatic rings. The molecular weight excluding hydrogens is 569 g/mol. The van der Waals surface area contributed by atoms with Crippen LogP contribution in [-0.4, -0.2) is 0 Å². The molecular formula is C46H28O. The second-order valence-corrected chi connectivity index (χ2v) is 12.1. The maximum Gasteiger partial charge on any atom is 0.136 e. The summed E-state index contributed by atoms with van der Waals surface area (Å²) in [6, 6.07) is 46.7. The first-order valence-electron chi connectivity index (χ1n) is 18.3. The Morgan fingerprint density at radius 1 is 0.362 bits per heavy atom. The molecule has 0 bridgehead atoms. The van der Waals surface area contributed by atoms with Gasteiger partial charge < -0.3 is 4.42 Å². The van der Waals surface area contributed by atoms with Gasteiger partial charge >= 0.3 is 0 Å². The first-order valence-corrected chi connectivity index (χ1v) is 15.8. The zero-order chi connectivity index (χ0) is 35.2. The Balaban J connectivity index is 1.24. The van der Waals surface area contributed by atoms with E-state index in [1.807, 2.05) is 36.4 Å². The first-order chi connectivity index (χ1) is 25.4. The van der Waals surface area contributed by atoms with Gasteiger partial charge in [0.15, 0.2) is 0 Å². The van der Waals surface area contributed by atoms with E-state index in [0.717, 1.165) is 54.6 Å². The second kappa shape index (κ2) is 10.2. The highest BCUT2D eigenvalue weighted by atomic mass is 16.3. The standard InChI is InChI=1S/C46H28O/c1-3-9-29(10-4-1)31-15-17-32(18-16-31)36-23-19-33-22-26-39-37(24-20-34-21-25-38(36)44(33)45(34)39)41-27-35(30-11-5-2-6-12-30)28-43-46(41)40-13-7-8-14-42(40)47-43/h1-28H/i2D,5D,6D,11D,12D. The normalized spacial score (nSPS) is 13.3. The molecule has 10 aromatic rings. The van der Waals surface area contributed by atoms with Crippen molar-refractivity contribution >= 4 is 54.3 Å². The van der Waals surface area contributed by atoms with Crippen molar-refractivity contribution in [2.45, 2.75) is 0 Å². The van der Waals surface area contributed by atoms with Crippen LogP contribution in [0.2, 0.25) is 0 Å². The third-order valence-corrected chi connectivity index (χ3v) is 9.52. The van der Waals surface area contributed by atoms with Crippen molar-refractivity contribution in [2.75, 3.05) is 0 Å². The predicted molar refractivity (Wildman–Crippen MR) is 199 cm³/mol. The van der Waals surface area contributed by atoms with Gasteiger partial charge in [0.25, 0.3) is 0 Å². The lowest BCUT2D eigenvalue weighted by atomic mass is 9.86. The summed E-state index contributed by atoms with van der Waals surface area (Å²) in [5.74, 6) is 0. The summed E-state index contributed by atoms with van der Waals surface area (Å²) in [5.41, 5.74) is 8.49. The van der Waals surface area contributed by atoms with Gasteiger partial charge in [-0.3, -0.25) is 0 Å². The highest BCUT2D eigenvalue weighted by Gasteiger charge is 2.19. The number of fused-ring (bicyclic) bond motifs is 3. The van der Waals surface area contributed by atoms with E-state index in [-0.39, 0.29) is 29.7 Å². The van der Waals surface area contributed by atoms with E-state index in [1.165, 1.54) is 27.5 Å². The molecule has 9 aromatic carbocycles. The molecule has 0 spiro atoms. The van der Waals surface area contributed by atoms with Crippen LogP contribution in [-0.2, 0) is 0 Å². The lowest BCUT2D eigenvalue weighted by Gasteiger charge is -2.17. The topological polar surface area (TPSA) is 13.1 Å². The van der Waals surface area contributed by atoms with E-state index >= 15 is 0 Å². The number of furan rings is 1. The molecule has 47 heavy (non-hydrogen) atoms. The highest BCUT2D eigenvalue weighted by Crippen LogP contribution is 2.46. The van der Waals surface area contributed by atoms with E-state index in [9.17, 15) is 0 Å². The summed E-state index contributed by atoms with van der Waals surface area (Å²) in [6.45, 7) is 0. The fraction of sp³-hybridized carbons (Fsp3) is 0. The van der Waals surface area contributed by atoms with Crippen LogP contribution in [0.1, 0.15) is 6.85 Å². The molecule has 1 heterocycles. The fourth-order valence-corrected chi connectivity index (χ4v) is 7.37. The molecule has 0 aliphatic heterocycles. The van der Waals surface area contributed by atoms with Gasteiger partial charge in [-0.1, -0.05) is 152 Å². The van der Waals surface area contributed by atoms with E-state index in [0.29, 0.717) is 11.1 Å². The summed E-state index contributed by atoms with van der Waals surface area (Å²) in [7, 11) is 0. The number of benzene rings is 9. The minimum Gasteiger partial charge on any atom is -0.456 e. The molecule has 1 aromatic heterocycles. The minimum absolute atomic E-state index is 0.148. The average molecular weight is 602 g/mol. The number of rotatable bonds is 4. The van der Waals surface area contributed by atoms with Crippen molar-refractivity contribution in [3.63, 3.8) is 0 Å². The molecule has 0 saturated heterocycles. The Labute approximate surface area is 279 Å². The largest absolute Gasteiger partial charge is 0.456 e. The Morgan fingerprint density at radius 2 is 0.979 bits per heavy atom. The average Bonchev–Trinajstić information content (AvgIpc) is 3.57. The number of hydrogen-bond donors (Lipinski definition) is 0. The molecule has 0 amide bonds. The van der Waals surface area contributed by atoms with Gasteiger partial charge in [0.1, 0.15) is 11.2 Å². The number of para-hydroxylation sites is 1. The van der Waals surface area contributed by atoms with Crippen LogP contribution in [0.25, 0.3) is 98.8 Å². The quantitative estimate of drug-likeness (QED) is 0.183. The van der Waals surface area contributed by atoms with Gasteiger partial charge in [-0.15, -0.1) is 0 Å². The Kier molecular flexibility index (Phi) is 4.66. The third kappa shape index (κ3) is 4.03. The summed E-state index contributed by atoms with van der Waals surface area (Å²) in [6.07, 6.45) is 0. The van der Waals surface area contributed by atoms with Gasteiger partial charge in [-0.25, -0.2) is 0 Å². The number of hydrogen-bond acceptors (Lipinski definition) is 1. The van der Waals surface area contributed by atoms with Crippen LogP contribution in [0.15, 0.2) is 174 Å². The van der Waals surface area contributed by atoms with Crippen LogP contribution in [0.3, 0.4) is 0 Å². The van der Waals surface area contributed by atoms with Gasteiger partial charge in [-0.05, 0) is 95.0 Å². The molecule has 0 radical (unpaired) electrons.